The molecule has 0 aromatic carbocycles. The van der Waals surface area contributed by atoms with Crippen LogP contribution in [-0.2, 0) is 17.8 Å². The topological polar surface area (TPSA) is 22.1 Å². The average molecular weight is 230 g/mol. The van der Waals surface area contributed by atoms with Crippen LogP contribution in [0.15, 0.2) is 16.6 Å². The largest absolute Gasteiger partial charge is 0.378 e. The van der Waals surface area contributed by atoms with E-state index in [9.17, 15) is 0 Å². The van der Waals surface area contributed by atoms with E-state index < -0.39 is 0 Å². The minimum Gasteiger partial charge on any atom is -0.378 e. The van der Waals surface area contributed by atoms with E-state index in [0.717, 1.165) is 22.3 Å². The lowest BCUT2D eigenvalue weighted by Gasteiger charge is -2.03. The van der Waals surface area contributed by atoms with Gasteiger partial charge in [0.2, 0.25) is 0 Å². The highest BCUT2D eigenvalue weighted by atomic mass is 79.9. The Kier molecular flexibility index (Phi) is 3.69. The van der Waals surface area contributed by atoms with Crippen LogP contribution in [0.5, 0.6) is 0 Å². The monoisotopic (exact) mass is 229 g/mol. The van der Waals surface area contributed by atoms with E-state index in [1.807, 2.05) is 12.1 Å². The molecule has 66 valence electrons. The van der Waals surface area contributed by atoms with Crippen molar-refractivity contribution in [2.75, 3.05) is 7.11 Å². The molecule has 0 aliphatic heterocycles. The second kappa shape index (κ2) is 4.58. The molecule has 2 nitrogen and oxygen atoms in total. The summed E-state index contributed by atoms with van der Waals surface area (Å²) >= 11 is 3.42. The van der Waals surface area contributed by atoms with Crippen molar-refractivity contribution in [1.82, 2.24) is 4.98 Å². The Bertz CT molecular complexity index is 263. The van der Waals surface area contributed by atoms with E-state index in [1.165, 1.54) is 0 Å². The lowest BCUT2D eigenvalue weighted by molar-refractivity contribution is 0.180. The summed E-state index contributed by atoms with van der Waals surface area (Å²) < 4.78 is 6.03. The van der Waals surface area contributed by atoms with Crippen molar-refractivity contribution < 1.29 is 4.74 Å². The highest BCUT2D eigenvalue weighted by Gasteiger charge is 2.01. The number of nitrogens with zero attached hydrogens (tertiary/aromatic N) is 1. The fourth-order valence-corrected chi connectivity index (χ4v) is 1.30. The van der Waals surface area contributed by atoms with Crippen molar-refractivity contribution in [3.05, 3.63) is 28.0 Å². The zero-order valence-corrected chi connectivity index (χ0v) is 8.89. The molecule has 0 spiro atoms. The summed E-state index contributed by atoms with van der Waals surface area (Å²) in [6, 6.07) is 4.03. The molecule has 12 heavy (non-hydrogen) atoms. The number of rotatable bonds is 3. The Morgan fingerprint density at radius 2 is 2.25 bits per heavy atom. The van der Waals surface area contributed by atoms with Gasteiger partial charge in [-0.1, -0.05) is 6.92 Å². The molecule has 0 amide bonds. The molecule has 0 saturated heterocycles. The first-order chi connectivity index (χ1) is 5.77. The van der Waals surface area contributed by atoms with Crippen LogP contribution in [0.2, 0.25) is 0 Å². The quantitative estimate of drug-likeness (QED) is 0.796. The van der Waals surface area contributed by atoms with Gasteiger partial charge in [0.1, 0.15) is 0 Å². The third-order valence-electron chi connectivity index (χ3n) is 1.62. The summed E-state index contributed by atoms with van der Waals surface area (Å²) in [5, 5.41) is 0. The molecule has 0 atom stereocenters. The fourth-order valence-electron chi connectivity index (χ4n) is 0.964. The number of pyridine rings is 1. The highest BCUT2D eigenvalue weighted by Crippen LogP contribution is 2.15. The van der Waals surface area contributed by atoms with E-state index >= 15 is 0 Å². The van der Waals surface area contributed by atoms with Crippen molar-refractivity contribution in [1.29, 1.82) is 0 Å². The van der Waals surface area contributed by atoms with Crippen molar-refractivity contribution in [2.45, 2.75) is 20.0 Å². The maximum absolute atomic E-state index is 5.02. The Morgan fingerprint density at radius 1 is 1.50 bits per heavy atom. The van der Waals surface area contributed by atoms with Gasteiger partial charge in [0.25, 0.3) is 0 Å². The summed E-state index contributed by atoms with van der Waals surface area (Å²) in [4.78, 5) is 4.41. The molecule has 0 bridgehead atoms. The van der Waals surface area contributed by atoms with Crippen LogP contribution in [0, 0.1) is 0 Å². The maximum atomic E-state index is 5.02. The molecule has 0 aliphatic carbocycles. The van der Waals surface area contributed by atoms with Gasteiger partial charge in [-0.2, -0.15) is 0 Å². The van der Waals surface area contributed by atoms with Gasteiger partial charge in [-0.05, 0) is 34.5 Å². The zero-order chi connectivity index (χ0) is 8.97. The first-order valence-corrected chi connectivity index (χ1v) is 4.70. The third-order valence-corrected chi connectivity index (χ3v) is 2.34. The Morgan fingerprint density at radius 3 is 2.83 bits per heavy atom. The smallest absolute Gasteiger partial charge is 0.0895 e. The van der Waals surface area contributed by atoms with Crippen LogP contribution in [0.1, 0.15) is 18.3 Å². The van der Waals surface area contributed by atoms with Gasteiger partial charge >= 0.3 is 0 Å². The van der Waals surface area contributed by atoms with Gasteiger partial charge < -0.3 is 4.74 Å². The summed E-state index contributed by atoms with van der Waals surface area (Å²) in [5.74, 6) is 0. The summed E-state index contributed by atoms with van der Waals surface area (Å²) in [5.41, 5.74) is 2.07. The molecule has 0 aliphatic rings. The second-order valence-electron chi connectivity index (χ2n) is 2.52. The summed E-state index contributed by atoms with van der Waals surface area (Å²) in [6.45, 7) is 2.65. The molecular formula is C9H12BrNO. The predicted molar refractivity (Wildman–Crippen MR) is 52.0 cm³/mol. The SMILES string of the molecule is CCc1ccc(Br)c(COC)n1. The predicted octanol–water partition coefficient (Wildman–Crippen LogP) is 2.55. The van der Waals surface area contributed by atoms with Crippen molar-refractivity contribution in [3.8, 4) is 0 Å². The maximum Gasteiger partial charge on any atom is 0.0895 e. The summed E-state index contributed by atoms with van der Waals surface area (Å²) in [6.07, 6.45) is 0.962. The van der Waals surface area contributed by atoms with E-state index in [4.69, 9.17) is 4.74 Å². The second-order valence-corrected chi connectivity index (χ2v) is 3.37. The molecule has 0 saturated carbocycles. The summed E-state index contributed by atoms with van der Waals surface area (Å²) in [7, 11) is 1.67. The van der Waals surface area contributed by atoms with Crippen LogP contribution >= 0.6 is 15.9 Å². The highest BCUT2D eigenvalue weighted by molar-refractivity contribution is 9.10. The lowest BCUT2D eigenvalue weighted by Crippen LogP contribution is -1.97. The standard InChI is InChI=1S/C9H12BrNO/c1-3-7-4-5-8(10)9(11-7)6-12-2/h4-5H,3,6H2,1-2H3. The number of hydrogen-bond donors (Lipinski definition) is 0. The molecule has 1 rings (SSSR count). The van der Waals surface area contributed by atoms with Gasteiger partial charge in [0.15, 0.2) is 0 Å². The zero-order valence-electron chi connectivity index (χ0n) is 7.30. The lowest BCUT2D eigenvalue weighted by atomic mass is 10.2. The van der Waals surface area contributed by atoms with Crippen LogP contribution in [0.3, 0.4) is 0 Å². The number of aryl methyl sites for hydroxylation is 1. The van der Waals surface area contributed by atoms with Gasteiger partial charge in [0, 0.05) is 17.3 Å². The molecule has 1 heterocycles. The van der Waals surface area contributed by atoms with Crippen LogP contribution in [-0.4, -0.2) is 12.1 Å². The molecule has 3 heteroatoms. The van der Waals surface area contributed by atoms with E-state index in [0.29, 0.717) is 6.61 Å². The van der Waals surface area contributed by atoms with Gasteiger partial charge in [-0.15, -0.1) is 0 Å². The Labute approximate surface area is 81.1 Å². The van der Waals surface area contributed by atoms with Gasteiger partial charge in [-0.3, -0.25) is 4.98 Å². The van der Waals surface area contributed by atoms with E-state index in [1.54, 1.807) is 7.11 Å². The fraction of sp³-hybridized carbons (Fsp3) is 0.444. The molecule has 0 fully saturated rings. The van der Waals surface area contributed by atoms with E-state index in [-0.39, 0.29) is 0 Å². The van der Waals surface area contributed by atoms with E-state index in [2.05, 4.69) is 27.8 Å². The minimum atomic E-state index is 0.564. The Balaban J connectivity index is 2.91. The van der Waals surface area contributed by atoms with Crippen molar-refractivity contribution in [3.63, 3.8) is 0 Å². The van der Waals surface area contributed by atoms with Crippen LogP contribution < -0.4 is 0 Å². The third kappa shape index (κ3) is 2.29. The number of hydrogen-bond acceptors (Lipinski definition) is 2. The number of methoxy groups -OCH3 is 1. The first-order valence-electron chi connectivity index (χ1n) is 3.91. The van der Waals surface area contributed by atoms with Gasteiger partial charge in [0.05, 0.1) is 12.3 Å². The molecular weight excluding hydrogens is 218 g/mol. The molecule has 1 aromatic heterocycles. The minimum absolute atomic E-state index is 0.564. The molecule has 1 aromatic rings. The molecule has 0 N–H and O–H groups in total. The van der Waals surface area contributed by atoms with Crippen LogP contribution in [0.25, 0.3) is 0 Å². The van der Waals surface area contributed by atoms with Crippen molar-refractivity contribution >= 4 is 15.9 Å². The number of ether oxygens (including phenoxy) is 1. The molecule has 0 unspecified atom stereocenters. The van der Waals surface area contributed by atoms with Crippen LogP contribution in [0.4, 0.5) is 0 Å². The number of aromatic nitrogens is 1. The Hall–Kier alpha value is -0.410. The first kappa shape index (κ1) is 9.68. The van der Waals surface area contributed by atoms with Gasteiger partial charge in [-0.25, -0.2) is 0 Å². The average Bonchev–Trinajstić information content (AvgIpc) is 2.09. The molecule has 0 radical (unpaired) electrons. The van der Waals surface area contributed by atoms with Crippen molar-refractivity contribution in [2.24, 2.45) is 0 Å². The normalized spacial score (nSPS) is 10.2. The number of halogens is 1.